The van der Waals surface area contributed by atoms with Gasteiger partial charge in [-0.3, -0.25) is 23.7 Å². The molecule has 0 bridgehead atoms. The zero-order valence-corrected chi connectivity index (χ0v) is 28.8. The van der Waals surface area contributed by atoms with E-state index in [1.165, 1.54) is 24.5 Å². The second-order valence-corrected chi connectivity index (χ2v) is 14.7. The van der Waals surface area contributed by atoms with Crippen LogP contribution in [0.4, 0.5) is 0 Å². The SMILES string of the molecule is O=C(NCC#Cc1cn([C@@H]2O[C@H](COP(=O)(O)OP(=O)(O)OP(=O)(O)O)[C@@H](O)[C@H]2O)c(=O)[nH]c1=O)c1ccc(-c2nnc(-c3ncccn3)nn2)cc1. The maximum Gasteiger partial charge on any atom is 0.490 e. The third kappa shape index (κ3) is 10.4. The number of H-pyrrole nitrogens is 1. The normalized spacial score (nSPS) is 20.8. The lowest BCUT2D eigenvalue weighted by Crippen LogP contribution is -2.38. The van der Waals surface area contributed by atoms with E-state index in [1.54, 1.807) is 18.2 Å². The Morgan fingerprint density at radius 1 is 0.906 bits per heavy atom. The fourth-order valence-corrected chi connectivity index (χ4v) is 7.35. The number of carbonyl (C=O) groups is 1. The Morgan fingerprint density at radius 2 is 1.55 bits per heavy atom. The summed E-state index contributed by atoms with van der Waals surface area (Å²) in [6, 6.07) is 7.71. The molecular weight excluding hydrogens is 775 g/mol. The van der Waals surface area contributed by atoms with E-state index >= 15 is 0 Å². The Balaban J connectivity index is 1.18. The van der Waals surface area contributed by atoms with Crippen molar-refractivity contribution in [3.63, 3.8) is 0 Å². The van der Waals surface area contributed by atoms with Crippen molar-refractivity contribution in [3.05, 3.63) is 80.9 Å². The van der Waals surface area contributed by atoms with Crippen molar-refractivity contribution < 1.29 is 66.2 Å². The molecule has 0 radical (unpaired) electrons. The first-order chi connectivity index (χ1) is 24.9. The van der Waals surface area contributed by atoms with E-state index in [0.29, 0.717) is 10.1 Å². The van der Waals surface area contributed by atoms with Crippen molar-refractivity contribution in [1.82, 2.24) is 45.2 Å². The number of aliphatic hydroxyl groups is 2. The number of phosphoric acid groups is 3. The van der Waals surface area contributed by atoms with Gasteiger partial charge in [-0.1, -0.05) is 24.0 Å². The molecule has 4 heterocycles. The van der Waals surface area contributed by atoms with Gasteiger partial charge in [-0.25, -0.2) is 28.5 Å². The molecule has 3 aromatic heterocycles. The van der Waals surface area contributed by atoms with E-state index in [4.69, 9.17) is 14.5 Å². The summed E-state index contributed by atoms with van der Waals surface area (Å²) in [5.41, 5.74) is -1.72. The van der Waals surface area contributed by atoms with Crippen molar-refractivity contribution >= 4 is 29.4 Å². The molecule has 0 saturated carbocycles. The summed E-state index contributed by atoms with van der Waals surface area (Å²) >= 11 is 0. The van der Waals surface area contributed by atoms with Gasteiger partial charge in [0, 0.05) is 29.7 Å². The summed E-state index contributed by atoms with van der Waals surface area (Å²) in [4.78, 5) is 83.6. The summed E-state index contributed by atoms with van der Waals surface area (Å²) in [7, 11) is -17.1. The van der Waals surface area contributed by atoms with Gasteiger partial charge in [-0.15, -0.1) is 20.4 Å². The third-order valence-corrected chi connectivity index (χ3v) is 10.4. The van der Waals surface area contributed by atoms with Crippen LogP contribution >= 0.6 is 23.5 Å². The van der Waals surface area contributed by atoms with Crippen LogP contribution < -0.4 is 16.6 Å². The van der Waals surface area contributed by atoms with Gasteiger partial charge in [0.2, 0.25) is 17.5 Å². The summed E-state index contributed by atoms with van der Waals surface area (Å²) in [5.74, 6) is 4.97. The number of ether oxygens (including phenoxy) is 1. The number of hydrogen-bond donors (Lipinski definition) is 8. The van der Waals surface area contributed by atoms with Crippen LogP contribution in [0.15, 0.2) is 58.5 Å². The van der Waals surface area contributed by atoms with E-state index in [0.717, 1.165) is 6.20 Å². The van der Waals surface area contributed by atoms with Crippen LogP contribution in [0.1, 0.15) is 22.1 Å². The lowest BCUT2D eigenvalue weighted by atomic mass is 10.1. The number of nitrogens with zero attached hydrogens (tertiary/aromatic N) is 7. The molecule has 280 valence electrons. The van der Waals surface area contributed by atoms with E-state index in [2.05, 4.69) is 60.7 Å². The largest absolute Gasteiger partial charge is 0.490 e. The molecule has 1 fully saturated rings. The van der Waals surface area contributed by atoms with E-state index in [9.17, 15) is 48.1 Å². The first-order valence-electron chi connectivity index (χ1n) is 14.3. The van der Waals surface area contributed by atoms with Gasteiger partial charge in [-0.2, -0.15) is 8.62 Å². The zero-order chi connectivity index (χ0) is 38.6. The van der Waals surface area contributed by atoms with Gasteiger partial charge in [0.1, 0.15) is 23.9 Å². The highest BCUT2D eigenvalue weighted by Crippen LogP contribution is 2.66. The molecule has 25 nitrogen and oxygen atoms in total. The second kappa shape index (κ2) is 16.1. The highest BCUT2D eigenvalue weighted by molar-refractivity contribution is 7.66. The molecule has 1 aromatic carbocycles. The molecule has 28 heteroatoms. The van der Waals surface area contributed by atoms with Crippen molar-refractivity contribution in [2.24, 2.45) is 0 Å². The summed E-state index contributed by atoms with van der Waals surface area (Å²) in [6.45, 7) is -1.42. The number of aliphatic hydroxyl groups excluding tert-OH is 2. The zero-order valence-electron chi connectivity index (χ0n) is 26.1. The Hall–Kier alpha value is -4.76. The van der Waals surface area contributed by atoms with Crippen LogP contribution in [0.25, 0.3) is 23.0 Å². The summed E-state index contributed by atoms with van der Waals surface area (Å²) < 4.78 is 51.8. The Bertz CT molecular complexity index is 2300. The van der Waals surface area contributed by atoms with Crippen LogP contribution in [0, 0.1) is 11.8 Å². The highest BCUT2D eigenvalue weighted by Gasteiger charge is 2.47. The molecule has 8 N–H and O–H groups in total. The van der Waals surface area contributed by atoms with Gasteiger partial charge < -0.3 is 39.8 Å². The predicted molar refractivity (Wildman–Crippen MR) is 170 cm³/mol. The van der Waals surface area contributed by atoms with Crippen molar-refractivity contribution in [3.8, 4) is 34.9 Å². The number of phosphoric ester groups is 1. The molecule has 1 aliphatic rings. The van der Waals surface area contributed by atoms with E-state index in [-0.39, 0.29) is 35.1 Å². The molecule has 1 aliphatic heterocycles. The number of amides is 1. The van der Waals surface area contributed by atoms with Crippen LogP contribution in [0.5, 0.6) is 0 Å². The maximum absolute atomic E-state index is 12.6. The van der Waals surface area contributed by atoms with Crippen molar-refractivity contribution in [2.45, 2.75) is 24.5 Å². The molecule has 1 saturated heterocycles. The number of nitrogens with one attached hydrogen (secondary N) is 2. The first-order valence-corrected chi connectivity index (χ1v) is 18.8. The third-order valence-electron chi connectivity index (χ3n) is 6.61. The molecule has 6 atom stereocenters. The lowest BCUT2D eigenvalue weighted by Gasteiger charge is -2.19. The Morgan fingerprint density at radius 3 is 2.19 bits per heavy atom. The first kappa shape index (κ1) is 39.4. The van der Waals surface area contributed by atoms with Gasteiger partial charge >= 0.3 is 29.2 Å². The molecule has 2 unspecified atom stereocenters. The average molecular weight is 799 g/mol. The molecular formula is C25H24N9O16P3. The number of hydrogen-bond acceptors (Lipinski definition) is 18. The van der Waals surface area contributed by atoms with Crippen molar-refractivity contribution in [1.29, 1.82) is 0 Å². The predicted octanol–water partition coefficient (Wildman–Crippen LogP) is -2.02. The minimum atomic E-state index is -5.84. The van der Waals surface area contributed by atoms with Crippen LogP contribution in [0.3, 0.4) is 0 Å². The summed E-state index contributed by atoms with van der Waals surface area (Å²) in [5, 5.41) is 39.3. The molecule has 0 spiro atoms. The minimum absolute atomic E-state index is 0.123. The monoisotopic (exact) mass is 799 g/mol. The average Bonchev–Trinajstić information content (AvgIpc) is 3.37. The number of rotatable bonds is 12. The van der Waals surface area contributed by atoms with Gasteiger partial charge in [0.05, 0.1) is 13.2 Å². The lowest BCUT2D eigenvalue weighted by molar-refractivity contribution is -0.0542. The molecule has 1 amide bonds. The van der Waals surface area contributed by atoms with E-state index in [1.807, 2.05) is 4.98 Å². The fraction of sp³-hybridized carbons (Fsp3) is 0.240. The molecule has 4 aromatic rings. The topological polar surface area (TPSA) is 371 Å². The number of benzene rings is 1. The van der Waals surface area contributed by atoms with E-state index < -0.39 is 71.8 Å². The smallest absolute Gasteiger partial charge is 0.387 e. The standard InChI is InChI=1S/C25H24N9O16P3/c35-17-16(12-47-52(43,44)50-53(45,46)49-51(40,41)42)48-24(18(17)36)34-11-15(23(38)29-25(34)39)3-1-8-28-22(37)14-6-4-13(5-7-14)19-30-32-21(33-31-19)20-26-9-2-10-27-20/h2,4-7,9-11,16-18,24,35-36H,8,12H2,(H,28,37)(H,43,44)(H,45,46)(H,29,38,39)(H2,40,41,42)/t16-,17-,18-,24-/m1/s1. The quantitative estimate of drug-likeness (QED) is 0.0566. The van der Waals surface area contributed by atoms with Crippen LogP contribution in [-0.4, -0.2) is 107 Å². The van der Waals surface area contributed by atoms with Gasteiger partial charge in [-0.05, 0) is 18.2 Å². The number of aromatic amines is 1. The Labute approximate surface area is 294 Å². The minimum Gasteiger partial charge on any atom is -0.387 e. The second-order valence-electron chi connectivity index (χ2n) is 10.3. The summed E-state index contributed by atoms with van der Waals surface area (Å²) in [6.07, 6.45) is -3.42. The van der Waals surface area contributed by atoms with Crippen molar-refractivity contribution in [2.75, 3.05) is 13.2 Å². The number of carbonyl (C=O) groups excluding carboxylic acids is 1. The fourth-order valence-electron chi connectivity index (χ4n) is 4.32. The maximum atomic E-state index is 12.6. The highest BCUT2D eigenvalue weighted by atomic mass is 31.3. The van der Waals surface area contributed by atoms with Gasteiger partial charge in [0.15, 0.2) is 6.23 Å². The molecule has 0 aliphatic carbocycles. The van der Waals surface area contributed by atoms with Crippen LogP contribution in [-0.2, 0) is 31.6 Å². The molecule has 5 rings (SSSR count). The molecule has 53 heavy (non-hydrogen) atoms. The number of aromatic nitrogens is 8. The van der Waals surface area contributed by atoms with Gasteiger partial charge in [0.25, 0.3) is 11.5 Å². The Kier molecular flexibility index (Phi) is 12.0. The van der Waals surface area contributed by atoms with Crippen LogP contribution in [0.2, 0.25) is 0 Å².